The lowest BCUT2D eigenvalue weighted by Gasteiger charge is -2.24. The molecule has 1 N–H and O–H groups in total. The van der Waals surface area contributed by atoms with E-state index in [4.69, 9.17) is 6.42 Å². The van der Waals surface area contributed by atoms with Crippen LogP contribution in [0.4, 0.5) is 0 Å². The van der Waals surface area contributed by atoms with E-state index in [9.17, 15) is 24.9 Å². The Morgan fingerprint density at radius 1 is 1.16 bits per heavy atom. The molecule has 1 heterocycles. The van der Waals surface area contributed by atoms with Crippen molar-refractivity contribution >= 4 is 17.7 Å². The first-order valence-electron chi connectivity index (χ1n) is 12.0. The van der Waals surface area contributed by atoms with E-state index in [1.165, 1.54) is 22.9 Å². The molecule has 2 unspecified atom stereocenters. The molecule has 1 aliphatic rings. The number of likely N-dealkylation sites (N-methyl/N-ethyl adjacent to an activating group) is 1. The van der Waals surface area contributed by atoms with Gasteiger partial charge < -0.3 is 15.1 Å². The molecule has 0 spiro atoms. The van der Waals surface area contributed by atoms with Crippen molar-refractivity contribution in [2.24, 2.45) is 5.92 Å². The van der Waals surface area contributed by atoms with Crippen molar-refractivity contribution in [3.63, 3.8) is 0 Å². The molecular weight excluding hydrogens is 478 g/mol. The molecule has 3 rings (SSSR count). The van der Waals surface area contributed by atoms with Gasteiger partial charge in [0.05, 0.1) is 30.2 Å². The van der Waals surface area contributed by atoms with E-state index in [0.29, 0.717) is 28.8 Å². The zero-order chi connectivity index (χ0) is 27.5. The minimum Gasteiger partial charge on any atom is -0.352 e. The largest absolute Gasteiger partial charge is 0.352 e. The van der Waals surface area contributed by atoms with Crippen LogP contribution in [0.2, 0.25) is 0 Å². The van der Waals surface area contributed by atoms with Gasteiger partial charge in [0.15, 0.2) is 0 Å². The third kappa shape index (κ3) is 6.75. The second-order valence-corrected chi connectivity index (χ2v) is 8.72. The fourth-order valence-electron chi connectivity index (χ4n) is 4.22. The lowest BCUT2D eigenvalue weighted by atomic mass is 9.98. The average Bonchev–Trinajstić information content (AvgIpc) is 3.39. The van der Waals surface area contributed by atoms with Gasteiger partial charge in [-0.3, -0.25) is 14.4 Å². The topological polar surface area (TPSA) is 117 Å². The zero-order valence-corrected chi connectivity index (χ0v) is 21.0. The Bertz CT molecular complexity index is 1390. The number of carbonyl (C=O) groups excluding carboxylic acids is 3. The van der Waals surface area contributed by atoms with Crippen LogP contribution in [-0.2, 0) is 9.59 Å². The number of terminal acetylenes is 1. The number of hydrogen-bond donors (Lipinski definition) is 1. The van der Waals surface area contributed by atoms with E-state index in [1.807, 2.05) is 18.2 Å². The second kappa shape index (κ2) is 13.3. The molecule has 1 saturated heterocycles. The highest BCUT2D eigenvalue weighted by molar-refractivity contribution is 5.97. The SMILES string of the molecule is C#C/C=C\C=C/CNC(=O)C1CC(C#N)N(C(=O)CN(C)C(=O)c2cccc(-c3ccccc3C#N)c2)C1. The fraction of sp³-hybridized carbons (Fsp3) is 0.233. The van der Waals surface area contributed by atoms with Crippen molar-refractivity contribution in [3.05, 3.63) is 84.0 Å². The average molecular weight is 506 g/mol. The standard InChI is InChI=1S/C30H27N5O3/c1-3-4-5-6-9-15-33-29(37)25-17-26(19-32)35(20-25)28(36)21-34(2)30(38)23-13-10-12-22(16-23)27-14-8-7-11-24(27)18-31/h1,4-14,16,25-26H,15,17,20-21H2,2H3,(H,33,37)/b5-4-,9-6-. The van der Waals surface area contributed by atoms with Crippen molar-refractivity contribution in [1.29, 1.82) is 10.5 Å². The maximum Gasteiger partial charge on any atom is 0.254 e. The second-order valence-electron chi connectivity index (χ2n) is 8.72. The molecule has 1 fully saturated rings. The van der Waals surface area contributed by atoms with Crippen LogP contribution >= 0.6 is 0 Å². The Morgan fingerprint density at radius 2 is 1.95 bits per heavy atom. The molecule has 0 bridgehead atoms. The van der Waals surface area contributed by atoms with E-state index in [0.717, 1.165) is 0 Å². The molecule has 8 heteroatoms. The normalized spacial score (nSPS) is 16.5. The smallest absolute Gasteiger partial charge is 0.254 e. The van der Waals surface area contributed by atoms with Crippen LogP contribution in [0.5, 0.6) is 0 Å². The Labute approximate surface area is 222 Å². The first kappa shape index (κ1) is 27.5. The quantitative estimate of drug-likeness (QED) is 0.437. The summed E-state index contributed by atoms with van der Waals surface area (Å²) in [6, 6.07) is 17.5. The van der Waals surface area contributed by atoms with Crippen molar-refractivity contribution in [2.75, 3.05) is 26.7 Å². The summed E-state index contributed by atoms with van der Waals surface area (Å²) >= 11 is 0. The fourth-order valence-corrected chi connectivity index (χ4v) is 4.22. The van der Waals surface area contributed by atoms with E-state index >= 15 is 0 Å². The number of likely N-dealkylation sites (tertiary alicyclic amines) is 1. The molecule has 0 aromatic heterocycles. The summed E-state index contributed by atoms with van der Waals surface area (Å²) in [6.45, 7) is 0.158. The van der Waals surface area contributed by atoms with Crippen molar-refractivity contribution < 1.29 is 14.4 Å². The van der Waals surface area contributed by atoms with Gasteiger partial charge in [0.25, 0.3) is 5.91 Å². The van der Waals surface area contributed by atoms with Gasteiger partial charge in [0.2, 0.25) is 11.8 Å². The predicted octanol–water partition coefficient (Wildman–Crippen LogP) is 2.90. The maximum atomic E-state index is 13.1. The molecule has 1 aliphatic heterocycles. The summed E-state index contributed by atoms with van der Waals surface area (Å²) in [6.07, 6.45) is 12.0. The molecule has 2 atom stereocenters. The van der Waals surface area contributed by atoms with Crippen molar-refractivity contribution in [3.8, 4) is 35.6 Å². The third-order valence-electron chi connectivity index (χ3n) is 6.16. The minimum atomic E-state index is -0.748. The summed E-state index contributed by atoms with van der Waals surface area (Å²) in [5, 5.41) is 21.7. The highest BCUT2D eigenvalue weighted by atomic mass is 16.2. The lowest BCUT2D eigenvalue weighted by molar-refractivity contribution is -0.132. The van der Waals surface area contributed by atoms with Crippen LogP contribution in [0.1, 0.15) is 22.3 Å². The minimum absolute atomic E-state index is 0.103. The number of carbonyl (C=O) groups is 3. The Kier molecular flexibility index (Phi) is 9.58. The Balaban J connectivity index is 1.63. The highest BCUT2D eigenvalue weighted by Gasteiger charge is 2.39. The molecule has 0 radical (unpaired) electrons. The maximum absolute atomic E-state index is 13.1. The molecule has 2 aromatic rings. The van der Waals surface area contributed by atoms with Gasteiger partial charge in [-0.05, 0) is 41.8 Å². The first-order valence-corrected chi connectivity index (χ1v) is 12.0. The van der Waals surface area contributed by atoms with Crippen LogP contribution in [-0.4, -0.2) is 60.2 Å². The number of hydrogen-bond acceptors (Lipinski definition) is 5. The highest BCUT2D eigenvalue weighted by Crippen LogP contribution is 2.25. The molecule has 0 saturated carbocycles. The van der Waals surface area contributed by atoms with Gasteiger partial charge >= 0.3 is 0 Å². The number of benzene rings is 2. The predicted molar refractivity (Wildman–Crippen MR) is 143 cm³/mol. The van der Waals surface area contributed by atoms with E-state index in [-0.39, 0.29) is 31.3 Å². The van der Waals surface area contributed by atoms with E-state index in [2.05, 4.69) is 23.4 Å². The molecule has 0 aliphatic carbocycles. The number of nitriles is 2. The summed E-state index contributed by atoms with van der Waals surface area (Å²) in [4.78, 5) is 41.3. The van der Waals surface area contributed by atoms with Crippen LogP contribution in [0.25, 0.3) is 11.1 Å². The number of rotatable bonds is 8. The molecule has 8 nitrogen and oxygen atoms in total. The van der Waals surface area contributed by atoms with Gasteiger partial charge in [0, 0.05) is 25.7 Å². The number of nitrogens with one attached hydrogen (secondary N) is 1. The molecule has 38 heavy (non-hydrogen) atoms. The molecule has 2 aromatic carbocycles. The van der Waals surface area contributed by atoms with Gasteiger partial charge in [-0.2, -0.15) is 10.5 Å². The van der Waals surface area contributed by atoms with Gasteiger partial charge in [-0.15, -0.1) is 6.42 Å². The number of nitrogens with zero attached hydrogens (tertiary/aromatic N) is 4. The molecular formula is C30H27N5O3. The number of amides is 3. The van der Waals surface area contributed by atoms with Crippen LogP contribution in [0.15, 0.2) is 72.8 Å². The summed E-state index contributed by atoms with van der Waals surface area (Å²) in [5.41, 5.74) is 2.28. The summed E-state index contributed by atoms with van der Waals surface area (Å²) < 4.78 is 0. The van der Waals surface area contributed by atoms with E-state index < -0.39 is 17.9 Å². The lowest BCUT2D eigenvalue weighted by Crippen LogP contribution is -2.43. The van der Waals surface area contributed by atoms with Gasteiger partial charge in [-0.1, -0.05) is 54.5 Å². The zero-order valence-electron chi connectivity index (χ0n) is 21.0. The van der Waals surface area contributed by atoms with Crippen LogP contribution in [0, 0.1) is 40.9 Å². The third-order valence-corrected chi connectivity index (χ3v) is 6.16. The first-order chi connectivity index (χ1) is 18.4. The summed E-state index contributed by atoms with van der Waals surface area (Å²) in [7, 11) is 1.51. The van der Waals surface area contributed by atoms with E-state index in [1.54, 1.807) is 48.6 Å². The Morgan fingerprint density at radius 3 is 2.68 bits per heavy atom. The summed E-state index contributed by atoms with van der Waals surface area (Å²) in [5.74, 6) is 0.814. The van der Waals surface area contributed by atoms with Gasteiger partial charge in [-0.25, -0.2) is 0 Å². The Hall–Kier alpha value is -5.13. The molecule has 3 amide bonds. The van der Waals surface area contributed by atoms with Crippen molar-refractivity contribution in [2.45, 2.75) is 12.5 Å². The monoisotopic (exact) mass is 505 g/mol. The number of allylic oxidation sites excluding steroid dienone is 3. The van der Waals surface area contributed by atoms with Crippen LogP contribution < -0.4 is 5.32 Å². The van der Waals surface area contributed by atoms with Crippen molar-refractivity contribution in [1.82, 2.24) is 15.1 Å². The van der Waals surface area contributed by atoms with Gasteiger partial charge in [0.1, 0.15) is 6.04 Å². The molecule has 190 valence electrons. The van der Waals surface area contributed by atoms with Crippen LogP contribution in [0.3, 0.4) is 0 Å².